The summed E-state index contributed by atoms with van der Waals surface area (Å²) in [7, 11) is 0. The third-order valence-corrected chi connectivity index (χ3v) is 7.44. The Morgan fingerprint density at radius 3 is 2.66 bits per heavy atom. The van der Waals surface area contributed by atoms with Crippen molar-refractivity contribution >= 4 is 34.1 Å². The van der Waals surface area contributed by atoms with Gasteiger partial charge in [0.05, 0.1) is 37.3 Å². The van der Waals surface area contributed by atoms with Crippen LogP contribution in [0.25, 0.3) is 16.9 Å². The van der Waals surface area contributed by atoms with Crippen LogP contribution in [0, 0.1) is 0 Å². The van der Waals surface area contributed by atoms with E-state index in [1.807, 2.05) is 30.3 Å². The number of nitrogens with one attached hydrogen (secondary N) is 1. The van der Waals surface area contributed by atoms with E-state index in [1.54, 1.807) is 17.1 Å². The fourth-order valence-electron chi connectivity index (χ4n) is 5.19. The van der Waals surface area contributed by atoms with Crippen LogP contribution in [0.4, 0.5) is 11.5 Å². The molecule has 1 atom stereocenters. The number of hydrogen-bond acceptors (Lipinski definition) is 7. The topological polar surface area (TPSA) is 95.3 Å². The van der Waals surface area contributed by atoms with Gasteiger partial charge in [0.25, 0.3) is 0 Å². The predicted octanol–water partition coefficient (Wildman–Crippen LogP) is 3.51. The van der Waals surface area contributed by atoms with Crippen LogP contribution in [-0.2, 0) is 10.3 Å². The highest BCUT2D eigenvalue weighted by molar-refractivity contribution is 6.30. The lowest BCUT2D eigenvalue weighted by molar-refractivity contribution is 0.0131. The standard InChI is InChI=1S/C25H28ClN7O2/c1-17-16-35-13-12-32(17)23-14-21(20-15-28-33(24(20)29-23)22-6-9-27-30-22)25(34)7-10-31(11-8-25)19-4-2-18(26)3-5-19/h2-6,9,14-15,17,34H,7-8,10-13,16H2,1H3,(H,27,30)/t17-/m1/s1. The van der Waals surface area contributed by atoms with Crippen molar-refractivity contribution in [3.8, 4) is 5.82 Å². The van der Waals surface area contributed by atoms with E-state index in [1.165, 1.54) is 0 Å². The summed E-state index contributed by atoms with van der Waals surface area (Å²) in [6.07, 6.45) is 4.69. The monoisotopic (exact) mass is 493 g/mol. The van der Waals surface area contributed by atoms with Crippen molar-refractivity contribution in [1.29, 1.82) is 0 Å². The first-order valence-corrected chi connectivity index (χ1v) is 12.4. The van der Waals surface area contributed by atoms with Gasteiger partial charge in [0, 0.05) is 41.8 Å². The molecule has 1 aromatic carbocycles. The molecule has 0 aliphatic carbocycles. The van der Waals surface area contributed by atoms with Gasteiger partial charge in [0.15, 0.2) is 11.5 Å². The van der Waals surface area contributed by atoms with Gasteiger partial charge >= 0.3 is 0 Å². The summed E-state index contributed by atoms with van der Waals surface area (Å²) < 4.78 is 7.41. The van der Waals surface area contributed by atoms with Gasteiger partial charge in [-0.3, -0.25) is 5.10 Å². The van der Waals surface area contributed by atoms with E-state index in [0.29, 0.717) is 31.7 Å². The second kappa shape index (κ2) is 8.82. The first kappa shape index (κ1) is 22.3. The number of hydrogen-bond donors (Lipinski definition) is 2. The van der Waals surface area contributed by atoms with Crippen LogP contribution in [0.5, 0.6) is 0 Å². The Bertz CT molecular complexity index is 1310. The molecule has 4 aromatic rings. The summed E-state index contributed by atoms with van der Waals surface area (Å²) in [6, 6.07) is 12.0. The molecule has 2 aliphatic heterocycles. The smallest absolute Gasteiger partial charge is 0.167 e. The van der Waals surface area contributed by atoms with E-state index in [0.717, 1.165) is 52.9 Å². The van der Waals surface area contributed by atoms with E-state index in [-0.39, 0.29) is 6.04 Å². The highest BCUT2D eigenvalue weighted by Gasteiger charge is 2.37. The Hall–Kier alpha value is -3.14. The number of morpholine rings is 1. The van der Waals surface area contributed by atoms with Gasteiger partial charge in [-0.25, -0.2) is 4.98 Å². The zero-order chi connectivity index (χ0) is 24.0. The fourth-order valence-corrected chi connectivity index (χ4v) is 5.31. The average Bonchev–Trinajstić information content (AvgIpc) is 3.55. The third-order valence-electron chi connectivity index (χ3n) is 7.19. The van der Waals surface area contributed by atoms with Crippen LogP contribution in [0.2, 0.25) is 5.02 Å². The molecular weight excluding hydrogens is 466 g/mol. The number of halogens is 1. The van der Waals surface area contributed by atoms with E-state index in [2.05, 4.69) is 38.1 Å². The molecule has 0 radical (unpaired) electrons. The van der Waals surface area contributed by atoms with Crippen molar-refractivity contribution in [1.82, 2.24) is 25.0 Å². The molecule has 9 nitrogen and oxygen atoms in total. The molecule has 0 saturated carbocycles. The van der Waals surface area contributed by atoms with Gasteiger partial charge in [0.2, 0.25) is 0 Å². The van der Waals surface area contributed by atoms with Crippen LogP contribution < -0.4 is 9.80 Å². The number of piperidine rings is 1. The lowest BCUT2D eigenvalue weighted by Gasteiger charge is -2.40. The van der Waals surface area contributed by atoms with Crippen LogP contribution in [0.15, 0.2) is 48.8 Å². The van der Waals surface area contributed by atoms with Gasteiger partial charge in [-0.1, -0.05) is 11.6 Å². The van der Waals surface area contributed by atoms with Gasteiger partial charge in [-0.05, 0) is 55.7 Å². The number of pyridine rings is 1. The molecule has 0 unspecified atom stereocenters. The fraction of sp³-hybridized carbons (Fsp3) is 0.400. The van der Waals surface area contributed by atoms with Crippen molar-refractivity contribution in [2.75, 3.05) is 42.6 Å². The second-order valence-electron chi connectivity index (χ2n) is 9.38. The molecule has 6 rings (SSSR count). The number of nitrogens with zero attached hydrogens (tertiary/aromatic N) is 6. The number of fused-ring (bicyclic) bond motifs is 1. The average molecular weight is 494 g/mol. The van der Waals surface area contributed by atoms with E-state index in [9.17, 15) is 5.11 Å². The maximum absolute atomic E-state index is 12.0. The van der Waals surface area contributed by atoms with Crippen molar-refractivity contribution in [2.24, 2.45) is 0 Å². The van der Waals surface area contributed by atoms with Gasteiger partial charge in [0.1, 0.15) is 5.82 Å². The van der Waals surface area contributed by atoms with E-state index >= 15 is 0 Å². The highest BCUT2D eigenvalue weighted by Crippen LogP contribution is 2.40. The summed E-state index contributed by atoms with van der Waals surface area (Å²) in [4.78, 5) is 9.56. The molecule has 0 spiro atoms. The zero-order valence-electron chi connectivity index (χ0n) is 19.6. The summed E-state index contributed by atoms with van der Waals surface area (Å²) in [5.41, 5.74) is 1.70. The Kier molecular flexibility index (Phi) is 5.63. The minimum absolute atomic E-state index is 0.187. The number of H-pyrrole nitrogens is 1. The maximum Gasteiger partial charge on any atom is 0.167 e. The summed E-state index contributed by atoms with van der Waals surface area (Å²) >= 11 is 6.07. The summed E-state index contributed by atoms with van der Waals surface area (Å²) in [5, 5.41) is 25.2. The van der Waals surface area contributed by atoms with E-state index < -0.39 is 5.60 Å². The van der Waals surface area contributed by atoms with Crippen LogP contribution in [-0.4, -0.2) is 69.0 Å². The number of aromatic amines is 1. The molecule has 0 bridgehead atoms. The number of aromatic nitrogens is 5. The first-order valence-electron chi connectivity index (χ1n) is 12.0. The number of benzene rings is 1. The summed E-state index contributed by atoms with van der Waals surface area (Å²) in [6.45, 7) is 5.66. The molecular formula is C25H28ClN7O2. The first-order chi connectivity index (χ1) is 17.0. The lowest BCUT2D eigenvalue weighted by atomic mass is 9.83. The van der Waals surface area contributed by atoms with Crippen molar-refractivity contribution in [3.63, 3.8) is 0 Å². The molecule has 2 fully saturated rings. The van der Waals surface area contributed by atoms with Gasteiger partial charge < -0.3 is 19.6 Å². The normalized spacial score (nSPS) is 20.5. The molecule has 2 N–H and O–H groups in total. The predicted molar refractivity (Wildman–Crippen MR) is 135 cm³/mol. The second-order valence-corrected chi connectivity index (χ2v) is 9.81. The van der Waals surface area contributed by atoms with Crippen LogP contribution in [0.3, 0.4) is 0 Å². The minimum atomic E-state index is -0.990. The van der Waals surface area contributed by atoms with Crippen molar-refractivity contribution in [2.45, 2.75) is 31.4 Å². The number of anilines is 2. The van der Waals surface area contributed by atoms with Gasteiger partial charge in [-0.2, -0.15) is 14.9 Å². The van der Waals surface area contributed by atoms with Crippen molar-refractivity contribution in [3.05, 3.63) is 59.4 Å². The molecule has 10 heteroatoms. The minimum Gasteiger partial charge on any atom is -0.385 e. The molecule has 2 aliphatic rings. The number of ether oxygens (including phenoxy) is 1. The largest absolute Gasteiger partial charge is 0.385 e. The molecule has 5 heterocycles. The Morgan fingerprint density at radius 2 is 1.94 bits per heavy atom. The summed E-state index contributed by atoms with van der Waals surface area (Å²) in [5.74, 6) is 1.56. The third kappa shape index (κ3) is 4.03. The Balaban J connectivity index is 1.40. The SMILES string of the molecule is C[C@@H]1COCCN1c1cc(C2(O)CCN(c3ccc(Cl)cc3)CC2)c2cnn(-c3ccn[nH]3)c2n1. The molecule has 3 aromatic heterocycles. The number of rotatable bonds is 4. The Labute approximate surface area is 208 Å². The molecule has 35 heavy (non-hydrogen) atoms. The molecule has 0 amide bonds. The van der Waals surface area contributed by atoms with E-state index in [4.69, 9.17) is 21.3 Å². The highest BCUT2D eigenvalue weighted by atomic mass is 35.5. The number of aliphatic hydroxyl groups is 1. The van der Waals surface area contributed by atoms with Crippen LogP contribution >= 0.6 is 11.6 Å². The van der Waals surface area contributed by atoms with Crippen molar-refractivity contribution < 1.29 is 9.84 Å². The van der Waals surface area contributed by atoms with Crippen LogP contribution in [0.1, 0.15) is 25.3 Å². The zero-order valence-corrected chi connectivity index (χ0v) is 20.3. The molecule has 2 saturated heterocycles. The van der Waals surface area contributed by atoms with Gasteiger partial charge in [-0.15, -0.1) is 0 Å². The quantitative estimate of drug-likeness (QED) is 0.449. The Morgan fingerprint density at radius 1 is 1.14 bits per heavy atom. The maximum atomic E-state index is 12.0. The lowest BCUT2D eigenvalue weighted by Crippen LogP contribution is -2.45. The molecule has 182 valence electrons.